The molecule has 154 valence electrons. The van der Waals surface area contributed by atoms with Gasteiger partial charge in [-0.2, -0.15) is 0 Å². The Balaban J connectivity index is 1.61. The summed E-state index contributed by atoms with van der Waals surface area (Å²) >= 11 is 7.90. The second-order valence-corrected chi connectivity index (χ2v) is 9.34. The number of benzene rings is 1. The third-order valence-corrected chi connectivity index (χ3v) is 7.32. The van der Waals surface area contributed by atoms with Crippen LogP contribution in [0.1, 0.15) is 71.3 Å². The van der Waals surface area contributed by atoms with Gasteiger partial charge in [0.05, 0.1) is 17.7 Å². The summed E-state index contributed by atoms with van der Waals surface area (Å²) in [7, 11) is 1.60. The number of aryl methyl sites for hydroxylation is 1. The van der Waals surface area contributed by atoms with Crippen molar-refractivity contribution in [3.63, 3.8) is 0 Å². The molecule has 0 atom stereocenters. The summed E-state index contributed by atoms with van der Waals surface area (Å²) in [5.41, 5.74) is 2.90. The van der Waals surface area contributed by atoms with Crippen LogP contribution in [-0.4, -0.2) is 25.3 Å². The van der Waals surface area contributed by atoms with Gasteiger partial charge < -0.3 is 10.1 Å². The van der Waals surface area contributed by atoms with Gasteiger partial charge in [-0.3, -0.25) is 4.79 Å². The summed E-state index contributed by atoms with van der Waals surface area (Å²) < 4.78 is 5.21. The Labute approximate surface area is 181 Å². The van der Waals surface area contributed by atoms with Crippen molar-refractivity contribution in [1.29, 1.82) is 0 Å². The number of ether oxygens (including phenoxy) is 1. The smallest absolute Gasteiger partial charge is 0.254 e. The lowest BCUT2D eigenvalue weighted by Crippen LogP contribution is -2.36. The Kier molecular flexibility index (Phi) is 6.56. The summed E-state index contributed by atoms with van der Waals surface area (Å²) in [4.78, 5) is 19.2. The van der Waals surface area contributed by atoms with Crippen LogP contribution in [0.25, 0.3) is 0 Å². The zero-order valence-electron chi connectivity index (χ0n) is 16.8. The van der Waals surface area contributed by atoms with Gasteiger partial charge in [-0.1, -0.05) is 30.9 Å². The van der Waals surface area contributed by atoms with Gasteiger partial charge in [0, 0.05) is 17.1 Å². The molecule has 0 saturated heterocycles. The molecule has 29 heavy (non-hydrogen) atoms. The monoisotopic (exact) mass is 430 g/mol. The van der Waals surface area contributed by atoms with E-state index in [1.807, 2.05) is 18.2 Å². The van der Waals surface area contributed by atoms with E-state index in [1.165, 1.54) is 36.1 Å². The topological polar surface area (TPSA) is 50.7 Å². The van der Waals surface area contributed by atoms with Crippen LogP contribution in [0.3, 0.4) is 0 Å². The number of nitrogens with zero attached hydrogens (tertiary/aromatic N) is 1. The van der Waals surface area contributed by atoms with E-state index in [0.717, 1.165) is 48.2 Å². The number of rotatable bonds is 5. The fraction of sp³-hybridized carbons (Fsp3) is 0.478. The standard InChI is InChI=1S/C23H27ClN2O2S/c1-28-19-12-11-15(13-18(19)24)14-25-23-21(17-9-5-6-10-20(17)29-23)22(27)26-16-7-3-2-4-8-16/h11-14,16H,2-10H2,1H3,(H,26,27). The zero-order chi connectivity index (χ0) is 20.2. The number of methoxy groups -OCH3 is 1. The van der Waals surface area contributed by atoms with Crippen LogP contribution in [0, 0.1) is 0 Å². The first-order chi connectivity index (χ1) is 14.2. The summed E-state index contributed by atoms with van der Waals surface area (Å²) in [5, 5.41) is 4.66. The molecule has 1 amide bonds. The van der Waals surface area contributed by atoms with Crippen LogP contribution in [0.15, 0.2) is 23.2 Å². The van der Waals surface area contributed by atoms with E-state index in [1.54, 1.807) is 24.7 Å². The minimum atomic E-state index is 0.0520. The van der Waals surface area contributed by atoms with Crippen molar-refractivity contribution in [2.75, 3.05) is 7.11 Å². The van der Waals surface area contributed by atoms with Crippen LogP contribution in [0.5, 0.6) is 5.75 Å². The largest absolute Gasteiger partial charge is 0.495 e. The fourth-order valence-corrected chi connectivity index (χ4v) is 5.77. The SMILES string of the molecule is COc1ccc(C=Nc2sc3c(c2C(=O)NC2CCCCC2)CCCC3)cc1Cl. The highest BCUT2D eigenvalue weighted by Crippen LogP contribution is 2.40. The number of carbonyl (C=O) groups is 1. The zero-order valence-corrected chi connectivity index (χ0v) is 18.4. The molecule has 6 heteroatoms. The number of nitrogens with one attached hydrogen (secondary N) is 1. The molecule has 1 saturated carbocycles. The predicted octanol–water partition coefficient (Wildman–Crippen LogP) is 6.10. The van der Waals surface area contributed by atoms with Crippen molar-refractivity contribution in [3.05, 3.63) is 44.8 Å². The van der Waals surface area contributed by atoms with Gasteiger partial charge in [0.15, 0.2) is 0 Å². The number of amides is 1. The van der Waals surface area contributed by atoms with E-state index in [9.17, 15) is 4.79 Å². The van der Waals surface area contributed by atoms with Crippen LogP contribution in [0.4, 0.5) is 5.00 Å². The van der Waals surface area contributed by atoms with Crippen molar-refractivity contribution in [2.45, 2.75) is 63.8 Å². The molecule has 4 nitrogen and oxygen atoms in total. The van der Waals surface area contributed by atoms with E-state index in [-0.39, 0.29) is 5.91 Å². The lowest BCUT2D eigenvalue weighted by atomic mass is 9.93. The van der Waals surface area contributed by atoms with Gasteiger partial charge in [0.25, 0.3) is 5.91 Å². The second-order valence-electron chi connectivity index (χ2n) is 7.85. The molecule has 1 fully saturated rings. The first-order valence-electron chi connectivity index (χ1n) is 10.5. The number of fused-ring (bicyclic) bond motifs is 1. The molecule has 2 aliphatic carbocycles. The quantitative estimate of drug-likeness (QED) is 0.582. The normalized spacial score (nSPS) is 17.3. The number of hydrogen-bond acceptors (Lipinski definition) is 4. The van der Waals surface area contributed by atoms with Crippen LogP contribution >= 0.6 is 22.9 Å². The molecule has 1 heterocycles. The van der Waals surface area contributed by atoms with Crippen LogP contribution < -0.4 is 10.1 Å². The maximum absolute atomic E-state index is 13.2. The van der Waals surface area contributed by atoms with Gasteiger partial charge in [-0.05, 0) is 67.9 Å². The number of aliphatic imine (C=N–C) groups is 1. The van der Waals surface area contributed by atoms with Crippen molar-refractivity contribution in [1.82, 2.24) is 5.32 Å². The van der Waals surface area contributed by atoms with Crippen LogP contribution in [0.2, 0.25) is 5.02 Å². The first kappa shape index (κ1) is 20.4. The minimum absolute atomic E-state index is 0.0520. The Morgan fingerprint density at radius 1 is 1.21 bits per heavy atom. The van der Waals surface area contributed by atoms with E-state index < -0.39 is 0 Å². The molecule has 2 aliphatic rings. The molecule has 0 unspecified atom stereocenters. The van der Waals surface area contributed by atoms with Crippen molar-refractivity contribution in [3.8, 4) is 5.75 Å². The van der Waals surface area contributed by atoms with Gasteiger partial charge in [-0.15, -0.1) is 11.3 Å². The molecular formula is C23H27ClN2O2S. The molecule has 0 spiro atoms. The van der Waals surface area contributed by atoms with Crippen molar-refractivity contribution >= 4 is 40.1 Å². The average Bonchev–Trinajstić information content (AvgIpc) is 3.11. The highest BCUT2D eigenvalue weighted by atomic mass is 35.5. The van der Waals surface area contributed by atoms with E-state index in [0.29, 0.717) is 16.8 Å². The molecule has 0 bridgehead atoms. The van der Waals surface area contributed by atoms with Crippen LogP contribution in [-0.2, 0) is 12.8 Å². The molecule has 1 aromatic heterocycles. The van der Waals surface area contributed by atoms with E-state index in [2.05, 4.69) is 5.32 Å². The lowest BCUT2D eigenvalue weighted by Gasteiger charge is -2.23. The highest BCUT2D eigenvalue weighted by Gasteiger charge is 2.27. The number of hydrogen-bond donors (Lipinski definition) is 1. The van der Waals surface area contributed by atoms with Gasteiger partial charge in [-0.25, -0.2) is 4.99 Å². The van der Waals surface area contributed by atoms with Crippen molar-refractivity contribution < 1.29 is 9.53 Å². The highest BCUT2D eigenvalue weighted by molar-refractivity contribution is 7.16. The Hall–Kier alpha value is -1.85. The maximum Gasteiger partial charge on any atom is 0.254 e. The first-order valence-corrected chi connectivity index (χ1v) is 11.7. The predicted molar refractivity (Wildman–Crippen MR) is 121 cm³/mol. The van der Waals surface area contributed by atoms with Crippen molar-refractivity contribution in [2.24, 2.45) is 4.99 Å². The maximum atomic E-state index is 13.2. The molecule has 4 rings (SSSR count). The second kappa shape index (κ2) is 9.31. The molecule has 0 radical (unpaired) electrons. The molecule has 1 aromatic carbocycles. The molecule has 0 aliphatic heterocycles. The fourth-order valence-electron chi connectivity index (χ4n) is 4.28. The summed E-state index contributed by atoms with van der Waals surface area (Å²) in [5.74, 6) is 0.694. The third kappa shape index (κ3) is 4.67. The lowest BCUT2D eigenvalue weighted by molar-refractivity contribution is 0.0927. The summed E-state index contributed by atoms with van der Waals surface area (Å²) in [6.07, 6.45) is 12.0. The average molecular weight is 431 g/mol. The minimum Gasteiger partial charge on any atom is -0.495 e. The molecule has 1 N–H and O–H groups in total. The van der Waals surface area contributed by atoms with E-state index in [4.69, 9.17) is 21.3 Å². The van der Waals surface area contributed by atoms with Gasteiger partial charge in [0.2, 0.25) is 0 Å². The van der Waals surface area contributed by atoms with Gasteiger partial charge >= 0.3 is 0 Å². The Morgan fingerprint density at radius 2 is 2.00 bits per heavy atom. The number of halogens is 1. The summed E-state index contributed by atoms with van der Waals surface area (Å²) in [6, 6.07) is 5.88. The summed E-state index contributed by atoms with van der Waals surface area (Å²) in [6.45, 7) is 0. The molecular weight excluding hydrogens is 404 g/mol. The van der Waals surface area contributed by atoms with E-state index >= 15 is 0 Å². The van der Waals surface area contributed by atoms with Gasteiger partial charge in [0.1, 0.15) is 10.8 Å². The number of carbonyl (C=O) groups excluding carboxylic acids is 1. The Bertz CT molecular complexity index is 916. The number of thiophene rings is 1. The third-order valence-electron chi connectivity index (χ3n) is 5.83. The molecule has 2 aromatic rings. The Morgan fingerprint density at radius 3 is 2.76 bits per heavy atom.